The Balaban J connectivity index is 1.87. The van der Waals surface area contributed by atoms with E-state index >= 15 is 0 Å². The van der Waals surface area contributed by atoms with Gasteiger partial charge in [0, 0.05) is 23.0 Å². The van der Waals surface area contributed by atoms with Crippen molar-refractivity contribution < 1.29 is 4.79 Å². The Morgan fingerprint density at radius 2 is 1.95 bits per heavy atom. The first-order chi connectivity index (χ1) is 10.1. The van der Waals surface area contributed by atoms with Crippen molar-refractivity contribution >= 4 is 21.8 Å². The molecule has 0 saturated heterocycles. The van der Waals surface area contributed by atoms with Gasteiger partial charge in [-0.05, 0) is 36.5 Å². The molecule has 0 spiro atoms. The molecule has 3 N–H and O–H groups in total. The lowest BCUT2D eigenvalue weighted by Gasteiger charge is -2.23. The van der Waals surface area contributed by atoms with E-state index < -0.39 is 0 Å². The number of hydrogen-bond acceptors (Lipinski definition) is 2. The molecule has 1 aliphatic carbocycles. The molecule has 1 aromatic rings. The van der Waals surface area contributed by atoms with Crippen molar-refractivity contribution in [1.29, 1.82) is 0 Å². The van der Waals surface area contributed by atoms with Crippen molar-refractivity contribution in [1.82, 2.24) is 5.32 Å². The molecule has 1 fully saturated rings. The molecule has 0 bridgehead atoms. The molecular weight excluding hydrogens is 328 g/mol. The van der Waals surface area contributed by atoms with E-state index in [1.165, 1.54) is 24.8 Å². The van der Waals surface area contributed by atoms with Crippen LogP contribution in [0, 0.1) is 0 Å². The van der Waals surface area contributed by atoms with Gasteiger partial charge < -0.3 is 11.1 Å². The summed E-state index contributed by atoms with van der Waals surface area (Å²) in [5.74, 6) is 0.341. The average Bonchev–Trinajstić information content (AvgIpc) is 2.65. The minimum atomic E-state index is 0.111. The van der Waals surface area contributed by atoms with E-state index in [1.807, 2.05) is 12.1 Å². The summed E-state index contributed by atoms with van der Waals surface area (Å²) in [4.78, 5) is 12.2. The molecule has 1 aromatic carbocycles. The van der Waals surface area contributed by atoms with Gasteiger partial charge in [0.05, 0.1) is 0 Å². The summed E-state index contributed by atoms with van der Waals surface area (Å²) in [7, 11) is 0. The minimum absolute atomic E-state index is 0.111. The first kappa shape index (κ1) is 16.5. The number of amides is 1. The summed E-state index contributed by atoms with van der Waals surface area (Å²) >= 11 is 3.43. The molecule has 3 unspecified atom stereocenters. The Hall–Kier alpha value is -0.870. The highest BCUT2D eigenvalue weighted by molar-refractivity contribution is 9.10. The maximum absolute atomic E-state index is 12.2. The van der Waals surface area contributed by atoms with Crippen LogP contribution in [0.25, 0.3) is 0 Å². The quantitative estimate of drug-likeness (QED) is 0.811. The normalized spacial score (nSPS) is 24.1. The fourth-order valence-corrected chi connectivity index (χ4v) is 3.23. The van der Waals surface area contributed by atoms with E-state index in [0.29, 0.717) is 6.42 Å². The molecular formula is C17H25BrN2O. The van der Waals surface area contributed by atoms with Crippen LogP contribution in [0.15, 0.2) is 28.7 Å². The highest BCUT2D eigenvalue weighted by atomic mass is 79.9. The topological polar surface area (TPSA) is 55.1 Å². The number of halogens is 1. The lowest BCUT2D eigenvalue weighted by atomic mass is 9.97. The third-order valence-corrected chi connectivity index (χ3v) is 4.88. The lowest BCUT2D eigenvalue weighted by Crippen LogP contribution is -2.47. The van der Waals surface area contributed by atoms with Gasteiger partial charge in [-0.2, -0.15) is 0 Å². The third-order valence-electron chi connectivity index (χ3n) is 4.35. The van der Waals surface area contributed by atoms with Crippen LogP contribution in [0.2, 0.25) is 0 Å². The van der Waals surface area contributed by atoms with Crippen LogP contribution in [0.5, 0.6) is 0 Å². The molecule has 2 rings (SSSR count). The highest BCUT2D eigenvalue weighted by Gasteiger charge is 2.22. The Kier molecular flexibility index (Phi) is 6.24. The zero-order chi connectivity index (χ0) is 15.2. The van der Waals surface area contributed by atoms with E-state index in [9.17, 15) is 4.79 Å². The number of benzene rings is 1. The molecule has 1 aliphatic rings. The van der Waals surface area contributed by atoms with Gasteiger partial charge in [0.1, 0.15) is 0 Å². The van der Waals surface area contributed by atoms with Crippen molar-refractivity contribution in [2.24, 2.45) is 5.73 Å². The number of nitrogens with one attached hydrogen (secondary N) is 1. The zero-order valence-electron chi connectivity index (χ0n) is 12.6. The monoisotopic (exact) mass is 352 g/mol. The molecule has 3 atom stereocenters. The largest absolute Gasteiger partial charge is 0.352 e. The molecule has 3 nitrogen and oxygen atoms in total. The predicted octanol–water partition coefficient (Wildman–Crippen LogP) is 3.72. The number of nitrogens with two attached hydrogens (primary N) is 1. The summed E-state index contributed by atoms with van der Waals surface area (Å²) in [6.45, 7) is 2.09. The number of carbonyl (C=O) groups is 1. The zero-order valence-corrected chi connectivity index (χ0v) is 14.2. The summed E-state index contributed by atoms with van der Waals surface area (Å²) in [6, 6.07) is 8.44. The minimum Gasteiger partial charge on any atom is -0.352 e. The van der Waals surface area contributed by atoms with Crippen LogP contribution in [0.1, 0.15) is 56.9 Å². The van der Waals surface area contributed by atoms with Crippen LogP contribution < -0.4 is 11.1 Å². The molecule has 116 valence electrons. The van der Waals surface area contributed by atoms with Crippen molar-refractivity contribution in [2.75, 3.05) is 0 Å². The van der Waals surface area contributed by atoms with E-state index in [4.69, 9.17) is 5.73 Å². The molecule has 4 heteroatoms. The van der Waals surface area contributed by atoms with Crippen molar-refractivity contribution in [3.8, 4) is 0 Å². The Labute approximate surface area is 135 Å². The van der Waals surface area contributed by atoms with Gasteiger partial charge >= 0.3 is 0 Å². The molecule has 0 aliphatic heterocycles. The van der Waals surface area contributed by atoms with E-state index in [1.54, 1.807) is 0 Å². The Bertz CT molecular complexity index is 460. The lowest BCUT2D eigenvalue weighted by molar-refractivity contribution is -0.122. The summed E-state index contributed by atoms with van der Waals surface area (Å²) < 4.78 is 1.06. The van der Waals surface area contributed by atoms with E-state index in [-0.39, 0.29) is 23.9 Å². The van der Waals surface area contributed by atoms with Crippen molar-refractivity contribution in [3.05, 3.63) is 34.3 Å². The van der Waals surface area contributed by atoms with Gasteiger partial charge in [0.15, 0.2) is 0 Å². The van der Waals surface area contributed by atoms with Crippen LogP contribution >= 0.6 is 15.9 Å². The number of carbonyl (C=O) groups excluding carboxylic acids is 1. The van der Waals surface area contributed by atoms with E-state index in [0.717, 1.165) is 17.3 Å². The maximum Gasteiger partial charge on any atom is 0.220 e. The van der Waals surface area contributed by atoms with Gasteiger partial charge in [-0.1, -0.05) is 54.2 Å². The number of rotatable bonds is 4. The van der Waals surface area contributed by atoms with E-state index in [2.05, 4.69) is 40.3 Å². The first-order valence-electron chi connectivity index (χ1n) is 7.86. The van der Waals surface area contributed by atoms with Crippen molar-refractivity contribution in [3.63, 3.8) is 0 Å². The third kappa shape index (κ3) is 5.11. The summed E-state index contributed by atoms with van der Waals surface area (Å²) in [5, 5.41) is 3.15. The van der Waals surface area contributed by atoms with Gasteiger partial charge in [0.2, 0.25) is 5.91 Å². The molecule has 21 heavy (non-hydrogen) atoms. The molecule has 1 saturated carbocycles. The summed E-state index contributed by atoms with van der Waals surface area (Å²) in [6.07, 6.45) is 6.14. The van der Waals surface area contributed by atoms with Crippen LogP contribution in [0.4, 0.5) is 0 Å². The fraction of sp³-hybridized carbons (Fsp3) is 0.588. The molecule has 0 aromatic heterocycles. The number of hydrogen-bond donors (Lipinski definition) is 2. The standard InChI is InChI=1S/C17H25BrN2O/c1-12(13-7-9-14(18)10-8-13)11-17(21)20-16-6-4-2-3-5-15(16)19/h7-10,12,15-16H,2-6,11,19H2,1H3,(H,20,21). The second kappa shape index (κ2) is 7.95. The smallest absolute Gasteiger partial charge is 0.220 e. The second-order valence-corrected chi connectivity index (χ2v) is 7.05. The Morgan fingerprint density at radius 1 is 1.29 bits per heavy atom. The fourth-order valence-electron chi connectivity index (χ4n) is 2.97. The average molecular weight is 353 g/mol. The molecule has 1 amide bonds. The van der Waals surface area contributed by atoms with Crippen LogP contribution in [-0.4, -0.2) is 18.0 Å². The highest BCUT2D eigenvalue weighted by Crippen LogP contribution is 2.22. The van der Waals surface area contributed by atoms with Gasteiger partial charge in [0.25, 0.3) is 0 Å². The summed E-state index contributed by atoms with van der Waals surface area (Å²) in [5.41, 5.74) is 7.36. The van der Waals surface area contributed by atoms with Gasteiger partial charge in [-0.3, -0.25) is 4.79 Å². The molecule has 0 radical (unpaired) electrons. The second-order valence-electron chi connectivity index (χ2n) is 6.13. The Morgan fingerprint density at radius 3 is 2.67 bits per heavy atom. The SMILES string of the molecule is CC(CC(=O)NC1CCCCCC1N)c1ccc(Br)cc1. The van der Waals surface area contributed by atoms with Gasteiger partial charge in [-0.25, -0.2) is 0 Å². The molecule has 0 heterocycles. The first-order valence-corrected chi connectivity index (χ1v) is 8.66. The van der Waals surface area contributed by atoms with Gasteiger partial charge in [-0.15, -0.1) is 0 Å². The van der Waals surface area contributed by atoms with Crippen LogP contribution in [0.3, 0.4) is 0 Å². The van der Waals surface area contributed by atoms with Crippen molar-refractivity contribution in [2.45, 2.75) is 63.5 Å². The maximum atomic E-state index is 12.2. The van der Waals surface area contributed by atoms with Crippen LogP contribution in [-0.2, 0) is 4.79 Å². The predicted molar refractivity (Wildman–Crippen MR) is 90.2 cm³/mol.